The number of hydrogen-bond acceptors (Lipinski definition) is 4. The first-order chi connectivity index (χ1) is 9.23. The fourth-order valence-corrected chi connectivity index (χ4v) is 4.28. The van der Waals surface area contributed by atoms with Gasteiger partial charge >= 0.3 is 0 Å². The maximum Gasteiger partial charge on any atom is 0.241 e. The van der Waals surface area contributed by atoms with E-state index in [2.05, 4.69) is 4.72 Å². The van der Waals surface area contributed by atoms with Gasteiger partial charge in [-0.15, -0.1) is 0 Å². The summed E-state index contributed by atoms with van der Waals surface area (Å²) in [5.74, 6) is 0. The molecule has 0 fully saturated rings. The van der Waals surface area contributed by atoms with E-state index in [1.165, 1.54) is 0 Å². The second-order valence-corrected chi connectivity index (χ2v) is 6.80. The van der Waals surface area contributed by atoms with Gasteiger partial charge in [0.25, 0.3) is 0 Å². The predicted octanol–water partition coefficient (Wildman–Crippen LogP) is 1.72. The number of benzene rings is 1. The minimum atomic E-state index is -3.73. The Kier molecular flexibility index (Phi) is 5.18. The number of sulfonamides is 1. The van der Waals surface area contributed by atoms with Crippen LogP contribution in [0.3, 0.4) is 0 Å². The van der Waals surface area contributed by atoms with Crippen molar-refractivity contribution in [1.82, 2.24) is 4.72 Å². The van der Waals surface area contributed by atoms with E-state index in [4.69, 9.17) is 5.73 Å². The Morgan fingerprint density at radius 1 is 1.25 bits per heavy atom. The lowest BCUT2D eigenvalue weighted by molar-refractivity contribution is 0.172. The van der Waals surface area contributed by atoms with Crippen LogP contribution in [-0.2, 0) is 10.0 Å². The van der Waals surface area contributed by atoms with Crippen molar-refractivity contribution < 1.29 is 13.5 Å². The number of hydrogen-bond donors (Lipinski definition) is 3. The number of nitrogens with two attached hydrogens (primary N) is 1. The molecule has 0 amide bonds. The smallest absolute Gasteiger partial charge is 0.241 e. The molecule has 1 rings (SSSR count). The molecule has 1 aromatic rings. The summed E-state index contributed by atoms with van der Waals surface area (Å²) in [6, 6.07) is 3.39. The van der Waals surface area contributed by atoms with Gasteiger partial charge < -0.3 is 10.8 Å². The molecule has 0 aliphatic heterocycles. The Hall–Kier alpha value is -1.11. The lowest BCUT2D eigenvalue weighted by Crippen LogP contribution is -2.50. The summed E-state index contributed by atoms with van der Waals surface area (Å²) in [5, 5.41) is 9.53. The molecule has 20 heavy (non-hydrogen) atoms. The third-order valence-electron chi connectivity index (χ3n) is 3.92. The standard InChI is InChI=1S/C14H24N2O3S/c1-5-14(6-2,9-17)16-20(18,19)13-10(3)7-8-12(15)11(13)4/h7-8,16-17H,5-6,9,15H2,1-4H3. The monoisotopic (exact) mass is 300 g/mol. The molecule has 0 unspecified atom stereocenters. The number of aryl methyl sites for hydroxylation is 1. The molecule has 6 heteroatoms. The van der Waals surface area contributed by atoms with Gasteiger partial charge in [-0.05, 0) is 43.9 Å². The predicted molar refractivity (Wildman–Crippen MR) is 81.0 cm³/mol. The second-order valence-electron chi connectivity index (χ2n) is 5.18. The van der Waals surface area contributed by atoms with Crippen molar-refractivity contribution in [1.29, 1.82) is 0 Å². The highest BCUT2D eigenvalue weighted by Gasteiger charge is 2.33. The summed E-state index contributed by atoms with van der Waals surface area (Å²) in [4.78, 5) is 0.206. The number of nitrogen functional groups attached to an aromatic ring is 1. The summed E-state index contributed by atoms with van der Waals surface area (Å²) < 4.78 is 27.9. The minimum absolute atomic E-state index is 0.206. The van der Waals surface area contributed by atoms with Gasteiger partial charge in [0.15, 0.2) is 0 Å². The van der Waals surface area contributed by atoms with E-state index >= 15 is 0 Å². The Labute approximate surface area is 121 Å². The fraction of sp³-hybridized carbons (Fsp3) is 0.571. The molecule has 0 bridgehead atoms. The van der Waals surface area contributed by atoms with E-state index in [1.807, 2.05) is 13.8 Å². The maximum atomic E-state index is 12.6. The zero-order valence-electron chi connectivity index (χ0n) is 12.5. The van der Waals surface area contributed by atoms with Crippen LogP contribution in [0, 0.1) is 13.8 Å². The molecular formula is C14H24N2O3S. The normalized spacial score (nSPS) is 12.7. The van der Waals surface area contributed by atoms with Crippen LogP contribution in [0.4, 0.5) is 5.69 Å². The molecule has 4 N–H and O–H groups in total. The van der Waals surface area contributed by atoms with E-state index < -0.39 is 15.6 Å². The average molecular weight is 300 g/mol. The van der Waals surface area contributed by atoms with E-state index in [9.17, 15) is 13.5 Å². The van der Waals surface area contributed by atoms with E-state index in [1.54, 1.807) is 26.0 Å². The lowest BCUT2D eigenvalue weighted by atomic mass is 9.96. The molecule has 1 aromatic carbocycles. The zero-order valence-corrected chi connectivity index (χ0v) is 13.3. The number of nitrogens with one attached hydrogen (secondary N) is 1. The van der Waals surface area contributed by atoms with Crippen LogP contribution in [-0.4, -0.2) is 25.7 Å². The van der Waals surface area contributed by atoms with Crippen LogP contribution in [0.2, 0.25) is 0 Å². The molecule has 0 atom stereocenters. The first-order valence-corrected chi connectivity index (χ1v) is 8.22. The molecule has 0 aromatic heterocycles. The largest absolute Gasteiger partial charge is 0.398 e. The Morgan fingerprint density at radius 3 is 2.25 bits per heavy atom. The second kappa shape index (κ2) is 6.11. The Morgan fingerprint density at radius 2 is 1.80 bits per heavy atom. The highest BCUT2D eigenvalue weighted by molar-refractivity contribution is 7.89. The number of rotatable bonds is 6. The zero-order chi connectivity index (χ0) is 15.6. The summed E-state index contributed by atoms with van der Waals surface area (Å²) in [6.45, 7) is 6.89. The van der Waals surface area contributed by atoms with Crippen molar-refractivity contribution in [2.24, 2.45) is 0 Å². The third-order valence-corrected chi connectivity index (χ3v) is 5.79. The molecule has 0 saturated carbocycles. The van der Waals surface area contributed by atoms with Crippen molar-refractivity contribution in [3.63, 3.8) is 0 Å². The molecule has 5 nitrogen and oxygen atoms in total. The van der Waals surface area contributed by atoms with Crippen LogP contribution in [0.15, 0.2) is 17.0 Å². The van der Waals surface area contributed by atoms with Crippen molar-refractivity contribution in [2.75, 3.05) is 12.3 Å². The Bertz CT molecular complexity index is 570. The molecular weight excluding hydrogens is 276 g/mol. The van der Waals surface area contributed by atoms with Gasteiger partial charge in [0.2, 0.25) is 10.0 Å². The minimum Gasteiger partial charge on any atom is -0.398 e. The van der Waals surface area contributed by atoms with Crippen LogP contribution >= 0.6 is 0 Å². The SMILES string of the molecule is CCC(CC)(CO)NS(=O)(=O)c1c(C)ccc(N)c1C. The quantitative estimate of drug-likeness (QED) is 0.697. The average Bonchev–Trinajstić information content (AvgIpc) is 2.40. The van der Waals surface area contributed by atoms with Gasteiger partial charge in [0.05, 0.1) is 17.0 Å². The van der Waals surface area contributed by atoms with Gasteiger partial charge in [0.1, 0.15) is 0 Å². The van der Waals surface area contributed by atoms with Crippen LogP contribution < -0.4 is 10.5 Å². The molecule has 0 aliphatic rings. The van der Waals surface area contributed by atoms with Crippen molar-refractivity contribution >= 4 is 15.7 Å². The summed E-state index contributed by atoms with van der Waals surface area (Å²) in [7, 11) is -3.73. The Balaban J connectivity index is 3.35. The van der Waals surface area contributed by atoms with E-state index in [-0.39, 0.29) is 11.5 Å². The number of anilines is 1. The van der Waals surface area contributed by atoms with Crippen LogP contribution in [0.25, 0.3) is 0 Å². The topological polar surface area (TPSA) is 92.4 Å². The first kappa shape index (κ1) is 16.9. The highest BCUT2D eigenvalue weighted by atomic mass is 32.2. The third kappa shape index (κ3) is 3.13. The summed E-state index contributed by atoms with van der Waals surface area (Å²) in [5.41, 5.74) is 6.60. The van der Waals surface area contributed by atoms with Crippen molar-refractivity contribution in [2.45, 2.75) is 51.0 Å². The van der Waals surface area contributed by atoms with E-state index in [0.717, 1.165) is 0 Å². The van der Waals surface area contributed by atoms with Crippen molar-refractivity contribution in [3.8, 4) is 0 Å². The molecule has 0 radical (unpaired) electrons. The maximum absolute atomic E-state index is 12.6. The molecule has 0 heterocycles. The highest BCUT2D eigenvalue weighted by Crippen LogP contribution is 2.27. The molecule has 0 spiro atoms. The van der Waals surface area contributed by atoms with Gasteiger partial charge in [-0.2, -0.15) is 0 Å². The lowest BCUT2D eigenvalue weighted by Gasteiger charge is -2.31. The van der Waals surface area contributed by atoms with Gasteiger partial charge in [-0.1, -0.05) is 19.9 Å². The van der Waals surface area contributed by atoms with Gasteiger partial charge in [-0.3, -0.25) is 0 Å². The van der Waals surface area contributed by atoms with E-state index in [0.29, 0.717) is 29.7 Å². The van der Waals surface area contributed by atoms with Crippen LogP contribution in [0.1, 0.15) is 37.8 Å². The molecule has 0 aliphatic carbocycles. The van der Waals surface area contributed by atoms with Gasteiger partial charge in [-0.25, -0.2) is 13.1 Å². The summed E-state index contributed by atoms with van der Waals surface area (Å²) in [6.07, 6.45) is 1.03. The molecule has 114 valence electrons. The molecule has 0 saturated heterocycles. The number of aliphatic hydroxyl groups is 1. The fourth-order valence-electron chi connectivity index (χ4n) is 2.24. The first-order valence-electron chi connectivity index (χ1n) is 6.73. The van der Waals surface area contributed by atoms with Crippen molar-refractivity contribution in [3.05, 3.63) is 23.3 Å². The van der Waals surface area contributed by atoms with Gasteiger partial charge in [0, 0.05) is 5.69 Å². The summed E-state index contributed by atoms with van der Waals surface area (Å²) >= 11 is 0. The van der Waals surface area contributed by atoms with Crippen LogP contribution in [0.5, 0.6) is 0 Å². The number of aliphatic hydroxyl groups excluding tert-OH is 1.